The summed E-state index contributed by atoms with van der Waals surface area (Å²) in [6, 6.07) is 7.50. The second-order valence-corrected chi connectivity index (χ2v) is 4.97. The monoisotopic (exact) mass is 289 g/mol. The molecule has 0 saturated heterocycles. The molecule has 7 heteroatoms. The van der Waals surface area contributed by atoms with Crippen LogP contribution >= 0.6 is 0 Å². The fourth-order valence-electron chi connectivity index (χ4n) is 2.03. The molecule has 1 N–H and O–H groups in total. The molecular weight excluding hydrogens is 270 g/mol. The first-order valence-corrected chi connectivity index (χ1v) is 6.70. The maximum atomic E-state index is 12.2. The van der Waals surface area contributed by atoms with Crippen molar-refractivity contribution in [3.63, 3.8) is 0 Å². The van der Waals surface area contributed by atoms with Gasteiger partial charge >= 0.3 is 0 Å². The molecule has 1 atom stereocenters. The van der Waals surface area contributed by atoms with Crippen LogP contribution in [0.4, 0.5) is 0 Å². The SMILES string of the molecule is COc1ccc(CC(=O)N(C)C[C@@H](C)c2nn[nH]n2)cc1. The van der Waals surface area contributed by atoms with E-state index in [9.17, 15) is 4.79 Å². The Morgan fingerprint density at radius 2 is 2.10 bits per heavy atom. The van der Waals surface area contributed by atoms with Crippen LogP contribution in [0, 0.1) is 0 Å². The van der Waals surface area contributed by atoms with Crippen LogP contribution < -0.4 is 4.74 Å². The van der Waals surface area contributed by atoms with E-state index in [1.807, 2.05) is 31.2 Å². The number of methoxy groups -OCH3 is 1. The van der Waals surface area contributed by atoms with E-state index in [2.05, 4.69) is 20.6 Å². The number of nitrogens with zero attached hydrogens (tertiary/aromatic N) is 4. The number of hydrogen-bond donors (Lipinski definition) is 1. The molecule has 0 bridgehead atoms. The first-order valence-electron chi connectivity index (χ1n) is 6.70. The number of tetrazole rings is 1. The van der Waals surface area contributed by atoms with Crippen molar-refractivity contribution < 1.29 is 9.53 Å². The molecule has 2 aromatic rings. The summed E-state index contributed by atoms with van der Waals surface area (Å²) in [5.74, 6) is 1.48. The predicted molar refractivity (Wildman–Crippen MR) is 76.9 cm³/mol. The number of carbonyl (C=O) groups excluding carboxylic acids is 1. The molecule has 1 amide bonds. The van der Waals surface area contributed by atoms with Crippen LogP contribution in [0.3, 0.4) is 0 Å². The van der Waals surface area contributed by atoms with E-state index in [4.69, 9.17) is 4.74 Å². The van der Waals surface area contributed by atoms with Crippen LogP contribution in [0.2, 0.25) is 0 Å². The van der Waals surface area contributed by atoms with Gasteiger partial charge in [0, 0.05) is 19.5 Å². The lowest BCUT2D eigenvalue weighted by Gasteiger charge is -2.20. The molecule has 1 heterocycles. The first-order chi connectivity index (χ1) is 10.1. The summed E-state index contributed by atoms with van der Waals surface area (Å²) in [5.41, 5.74) is 0.958. The summed E-state index contributed by atoms with van der Waals surface area (Å²) in [5, 5.41) is 13.8. The van der Waals surface area contributed by atoms with E-state index in [0.29, 0.717) is 18.8 Å². The van der Waals surface area contributed by atoms with E-state index in [0.717, 1.165) is 11.3 Å². The summed E-state index contributed by atoms with van der Waals surface area (Å²) >= 11 is 0. The molecule has 1 aromatic heterocycles. The molecule has 0 radical (unpaired) electrons. The van der Waals surface area contributed by atoms with Crippen molar-refractivity contribution in [2.24, 2.45) is 0 Å². The first kappa shape index (κ1) is 15.0. The molecule has 0 unspecified atom stereocenters. The van der Waals surface area contributed by atoms with E-state index < -0.39 is 0 Å². The highest BCUT2D eigenvalue weighted by molar-refractivity contribution is 5.78. The van der Waals surface area contributed by atoms with Crippen molar-refractivity contribution in [2.75, 3.05) is 20.7 Å². The van der Waals surface area contributed by atoms with Crippen LogP contribution in [-0.2, 0) is 11.2 Å². The number of hydrogen-bond acceptors (Lipinski definition) is 5. The standard InChI is InChI=1S/C14H19N5O2/c1-10(14-15-17-18-16-14)9-19(2)13(20)8-11-4-6-12(21-3)7-5-11/h4-7,10H,8-9H2,1-3H3,(H,15,16,17,18)/t10-/m1/s1. The van der Waals surface area contributed by atoms with Gasteiger partial charge in [-0.1, -0.05) is 24.3 Å². The number of aromatic nitrogens is 4. The Kier molecular flexibility index (Phi) is 4.86. The zero-order valence-corrected chi connectivity index (χ0v) is 12.4. The zero-order valence-electron chi connectivity index (χ0n) is 12.4. The Hall–Kier alpha value is -2.44. The van der Waals surface area contributed by atoms with Gasteiger partial charge in [0.25, 0.3) is 0 Å². The molecular formula is C14H19N5O2. The lowest BCUT2D eigenvalue weighted by Crippen LogP contribution is -2.31. The van der Waals surface area contributed by atoms with Crippen molar-refractivity contribution in [1.82, 2.24) is 25.5 Å². The molecule has 0 aliphatic rings. The third-order valence-electron chi connectivity index (χ3n) is 3.29. The number of ether oxygens (including phenoxy) is 1. The number of benzene rings is 1. The van der Waals surface area contributed by atoms with Gasteiger partial charge in [-0.25, -0.2) is 0 Å². The number of H-pyrrole nitrogens is 1. The van der Waals surface area contributed by atoms with Gasteiger partial charge in [-0.15, -0.1) is 10.2 Å². The lowest BCUT2D eigenvalue weighted by molar-refractivity contribution is -0.129. The molecule has 0 spiro atoms. The second-order valence-electron chi connectivity index (χ2n) is 4.97. The maximum Gasteiger partial charge on any atom is 0.226 e. The Labute approximate surface area is 123 Å². The van der Waals surface area contributed by atoms with Gasteiger partial charge in [0.2, 0.25) is 5.91 Å². The van der Waals surface area contributed by atoms with Crippen LogP contribution in [0.15, 0.2) is 24.3 Å². The van der Waals surface area contributed by atoms with E-state index in [-0.39, 0.29) is 11.8 Å². The van der Waals surface area contributed by atoms with E-state index >= 15 is 0 Å². The normalized spacial score (nSPS) is 12.0. The third kappa shape index (κ3) is 4.01. The highest BCUT2D eigenvalue weighted by Crippen LogP contribution is 2.14. The summed E-state index contributed by atoms with van der Waals surface area (Å²) in [7, 11) is 3.40. The highest BCUT2D eigenvalue weighted by atomic mass is 16.5. The number of carbonyl (C=O) groups is 1. The smallest absolute Gasteiger partial charge is 0.226 e. The Balaban J connectivity index is 1.89. The molecule has 112 valence electrons. The molecule has 2 rings (SSSR count). The van der Waals surface area contributed by atoms with Gasteiger partial charge in [0.15, 0.2) is 5.82 Å². The largest absolute Gasteiger partial charge is 0.497 e. The van der Waals surface area contributed by atoms with Gasteiger partial charge in [-0.3, -0.25) is 4.79 Å². The minimum Gasteiger partial charge on any atom is -0.497 e. The number of amides is 1. The minimum atomic E-state index is 0.0357. The average molecular weight is 289 g/mol. The van der Waals surface area contributed by atoms with Crippen LogP contribution in [0.1, 0.15) is 24.2 Å². The minimum absolute atomic E-state index is 0.0357. The van der Waals surface area contributed by atoms with Crippen molar-refractivity contribution in [2.45, 2.75) is 19.3 Å². The average Bonchev–Trinajstić information content (AvgIpc) is 3.02. The van der Waals surface area contributed by atoms with E-state index in [1.165, 1.54) is 0 Å². The molecule has 0 fully saturated rings. The fraction of sp³-hybridized carbons (Fsp3) is 0.429. The Bertz CT molecular complexity index is 568. The van der Waals surface area contributed by atoms with Crippen molar-refractivity contribution in [3.8, 4) is 5.75 Å². The van der Waals surface area contributed by atoms with Gasteiger partial charge in [0.1, 0.15) is 5.75 Å². The summed E-state index contributed by atoms with van der Waals surface area (Å²) < 4.78 is 5.10. The molecule has 0 aliphatic heterocycles. The lowest BCUT2D eigenvalue weighted by atomic mass is 10.1. The van der Waals surface area contributed by atoms with Crippen LogP contribution in [0.5, 0.6) is 5.75 Å². The highest BCUT2D eigenvalue weighted by Gasteiger charge is 2.17. The molecule has 0 aliphatic carbocycles. The van der Waals surface area contributed by atoms with Gasteiger partial charge < -0.3 is 9.64 Å². The number of rotatable bonds is 6. The number of likely N-dealkylation sites (N-methyl/N-ethyl adjacent to an activating group) is 1. The Morgan fingerprint density at radius 1 is 1.38 bits per heavy atom. The maximum absolute atomic E-state index is 12.2. The van der Waals surface area contributed by atoms with E-state index in [1.54, 1.807) is 19.1 Å². The van der Waals surface area contributed by atoms with Crippen LogP contribution in [0.25, 0.3) is 0 Å². The topological polar surface area (TPSA) is 84.0 Å². The Morgan fingerprint density at radius 3 is 2.67 bits per heavy atom. The van der Waals surface area contributed by atoms with Crippen molar-refractivity contribution in [1.29, 1.82) is 0 Å². The third-order valence-corrected chi connectivity index (χ3v) is 3.29. The quantitative estimate of drug-likeness (QED) is 0.858. The zero-order chi connectivity index (χ0) is 15.2. The van der Waals surface area contributed by atoms with Crippen LogP contribution in [-0.4, -0.2) is 52.1 Å². The number of nitrogens with one attached hydrogen (secondary N) is 1. The second kappa shape index (κ2) is 6.83. The van der Waals surface area contributed by atoms with Gasteiger partial charge in [-0.05, 0) is 17.7 Å². The van der Waals surface area contributed by atoms with Gasteiger partial charge in [0.05, 0.1) is 13.5 Å². The molecule has 21 heavy (non-hydrogen) atoms. The fourth-order valence-corrected chi connectivity index (χ4v) is 2.03. The van der Waals surface area contributed by atoms with Gasteiger partial charge in [-0.2, -0.15) is 5.21 Å². The summed E-state index contributed by atoms with van der Waals surface area (Å²) in [4.78, 5) is 13.9. The number of aromatic amines is 1. The van der Waals surface area contributed by atoms with Crippen molar-refractivity contribution in [3.05, 3.63) is 35.7 Å². The molecule has 1 aromatic carbocycles. The summed E-state index contributed by atoms with van der Waals surface area (Å²) in [6.07, 6.45) is 0.361. The molecule has 7 nitrogen and oxygen atoms in total. The summed E-state index contributed by atoms with van der Waals surface area (Å²) in [6.45, 7) is 2.51. The molecule has 0 saturated carbocycles. The van der Waals surface area contributed by atoms with Crippen molar-refractivity contribution >= 4 is 5.91 Å². The predicted octanol–water partition coefficient (Wildman–Crippen LogP) is 1.01.